The van der Waals surface area contributed by atoms with E-state index in [9.17, 15) is 4.79 Å². The van der Waals surface area contributed by atoms with E-state index in [1.807, 2.05) is 26.0 Å². The molecule has 0 N–H and O–H groups in total. The highest BCUT2D eigenvalue weighted by molar-refractivity contribution is 5.91. The van der Waals surface area contributed by atoms with Crippen molar-refractivity contribution in [3.05, 3.63) is 24.3 Å². The number of rotatable bonds is 4. The average Bonchev–Trinajstić information content (AvgIpc) is 3.14. The summed E-state index contributed by atoms with van der Waals surface area (Å²) >= 11 is 0. The van der Waals surface area contributed by atoms with Crippen molar-refractivity contribution in [1.29, 1.82) is 0 Å². The molecule has 2 fully saturated rings. The Morgan fingerprint density at radius 3 is 2.43 bits per heavy atom. The smallest absolute Gasteiger partial charge is 0.223 e. The molecule has 0 aliphatic carbocycles. The largest absolute Gasteiger partial charge is 0.372 e. The molecule has 126 valence electrons. The number of hydrogen-bond donors (Lipinski definition) is 0. The van der Waals surface area contributed by atoms with Crippen LogP contribution in [0, 0.1) is 0 Å². The van der Waals surface area contributed by atoms with Gasteiger partial charge >= 0.3 is 0 Å². The van der Waals surface area contributed by atoms with Gasteiger partial charge in [-0.05, 0) is 51.0 Å². The molecule has 1 amide bonds. The molecular weight excluding hydrogens is 292 g/mol. The van der Waals surface area contributed by atoms with Crippen LogP contribution < -0.4 is 9.80 Å². The van der Waals surface area contributed by atoms with Gasteiger partial charge < -0.3 is 19.3 Å². The summed E-state index contributed by atoms with van der Waals surface area (Å²) in [6, 6.07) is 8.26. The predicted molar refractivity (Wildman–Crippen MR) is 90.8 cm³/mol. The monoisotopic (exact) mass is 318 g/mol. The minimum Gasteiger partial charge on any atom is -0.372 e. The van der Waals surface area contributed by atoms with Crippen molar-refractivity contribution < 1.29 is 14.3 Å². The third kappa shape index (κ3) is 3.85. The minimum absolute atomic E-state index is 0.0206. The minimum atomic E-state index is -0.563. The molecule has 5 nitrogen and oxygen atoms in total. The molecule has 3 rings (SSSR count). The summed E-state index contributed by atoms with van der Waals surface area (Å²) in [4.78, 5) is 16.2. The lowest BCUT2D eigenvalue weighted by atomic mass is 10.2. The second-order valence-electron chi connectivity index (χ2n) is 6.79. The third-order valence-electron chi connectivity index (χ3n) is 4.47. The molecule has 5 heteroatoms. The Hall–Kier alpha value is -1.59. The zero-order chi connectivity index (χ0) is 16.4. The maximum Gasteiger partial charge on any atom is 0.223 e. The number of nitrogens with zero attached hydrogens (tertiary/aromatic N) is 2. The van der Waals surface area contributed by atoms with Crippen molar-refractivity contribution in [2.24, 2.45) is 0 Å². The van der Waals surface area contributed by atoms with Gasteiger partial charge in [0, 0.05) is 31.4 Å². The van der Waals surface area contributed by atoms with Gasteiger partial charge in [0.25, 0.3) is 0 Å². The molecular formula is C18H26N2O3. The Labute approximate surface area is 138 Å². The number of ether oxygens (including phenoxy) is 2. The predicted octanol–water partition coefficient (Wildman–Crippen LogP) is 2.79. The van der Waals surface area contributed by atoms with Gasteiger partial charge in [0.1, 0.15) is 6.10 Å². The Morgan fingerprint density at radius 2 is 1.91 bits per heavy atom. The molecule has 23 heavy (non-hydrogen) atoms. The molecule has 1 atom stereocenters. The summed E-state index contributed by atoms with van der Waals surface area (Å²) in [6.45, 7) is 8.67. The van der Waals surface area contributed by atoms with Crippen LogP contribution in [0.3, 0.4) is 0 Å². The van der Waals surface area contributed by atoms with Crippen LogP contribution in [0.2, 0.25) is 0 Å². The van der Waals surface area contributed by atoms with Gasteiger partial charge in [0.05, 0.1) is 13.2 Å². The van der Waals surface area contributed by atoms with Crippen molar-refractivity contribution in [2.45, 2.75) is 45.5 Å². The first-order valence-electron chi connectivity index (χ1n) is 8.39. The van der Waals surface area contributed by atoms with Crippen molar-refractivity contribution in [2.75, 3.05) is 36.0 Å². The first-order valence-corrected chi connectivity index (χ1v) is 8.39. The molecule has 2 heterocycles. The van der Waals surface area contributed by atoms with Gasteiger partial charge in [0.2, 0.25) is 5.91 Å². The van der Waals surface area contributed by atoms with Crippen LogP contribution in [0.4, 0.5) is 11.4 Å². The standard InChI is InChI=1S/C18H26N2O3/c1-14(21)20(12-17-13-22-18(2,3)23-17)16-8-6-15(7-9-16)19-10-4-5-11-19/h6-9,17H,4-5,10-13H2,1-3H3. The molecule has 1 unspecified atom stereocenters. The van der Waals surface area contributed by atoms with E-state index in [4.69, 9.17) is 9.47 Å². The highest BCUT2D eigenvalue weighted by atomic mass is 16.7. The quantitative estimate of drug-likeness (QED) is 0.856. The first-order chi connectivity index (χ1) is 10.9. The van der Waals surface area contributed by atoms with E-state index in [2.05, 4.69) is 17.0 Å². The molecule has 0 saturated carbocycles. The van der Waals surface area contributed by atoms with Crippen LogP contribution in [0.5, 0.6) is 0 Å². The van der Waals surface area contributed by atoms with Crippen LogP contribution >= 0.6 is 0 Å². The Kier molecular flexibility index (Phi) is 4.60. The summed E-state index contributed by atoms with van der Waals surface area (Å²) in [6.07, 6.45) is 2.43. The number of hydrogen-bond acceptors (Lipinski definition) is 4. The van der Waals surface area contributed by atoms with E-state index in [-0.39, 0.29) is 12.0 Å². The topological polar surface area (TPSA) is 42.0 Å². The first kappa shape index (κ1) is 16.3. The van der Waals surface area contributed by atoms with Crippen molar-refractivity contribution in [1.82, 2.24) is 0 Å². The zero-order valence-corrected chi connectivity index (χ0v) is 14.2. The molecule has 1 aromatic carbocycles. The summed E-state index contributed by atoms with van der Waals surface area (Å²) in [7, 11) is 0. The SMILES string of the molecule is CC(=O)N(CC1COC(C)(C)O1)c1ccc(N2CCCC2)cc1. The number of benzene rings is 1. The van der Waals surface area contributed by atoms with Gasteiger partial charge in [-0.25, -0.2) is 0 Å². The van der Waals surface area contributed by atoms with E-state index in [1.165, 1.54) is 18.5 Å². The summed E-state index contributed by atoms with van der Waals surface area (Å²) in [5, 5.41) is 0. The second kappa shape index (κ2) is 6.49. The molecule has 0 spiro atoms. The molecule has 1 aromatic rings. The number of carbonyl (C=O) groups excluding carboxylic acids is 1. The lowest BCUT2D eigenvalue weighted by Crippen LogP contribution is -2.38. The van der Waals surface area contributed by atoms with Gasteiger partial charge in [-0.3, -0.25) is 4.79 Å². The molecule has 2 saturated heterocycles. The fraction of sp³-hybridized carbons (Fsp3) is 0.611. The molecule has 0 radical (unpaired) electrons. The Bertz CT molecular complexity index is 550. The molecule has 2 aliphatic heterocycles. The summed E-state index contributed by atoms with van der Waals surface area (Å²) < 4.78 is 11.4. The number of amides is 1. The lowest BCUT2D eigenvalue weighted by molar-refractivity contribution is -0.138. The van der Waals surface area contributed by atoms with Crippen LogP contribution in [-0.4, -0.2) is 44.0 Å². The summed E-state index contributed by atoms with van der Waals surface area (Å²) in [5.41, 5.74) is 2.14. The maximum absolute atomic E-state index is 12.1. The van der Waals surface area contributed by atoms with E-state index in [0.717, 1.165) is 18.8 Å². The van der Waals surface area contributed by atoms with Crippen LogP contribution in [0.1, 0.15) is 33.6 Å². The fourth-order valence-corrected chi connectivity index (χ4v) is 3.29. The van der Waals surface area contributed by atoms with Crippen molar-refractivity contribution in [3.8, 4) is 0 Å². The second-order valence-corrected chi connectivity index (χ2v) is 6.79. The third-order valence-corrected chi connectivity index (χ3v) is 4.47. The van der Waals surface area contributed by atoms with Gasteiger partial charge in [0.15, 0.2) is 5.79 Å². The zero-order valence-electron chi connectivity index (χ0n) is 14.2. The van der Waals surface area contributed by atoms with Crippen LogP contribution in [0.25, 0.3) is 0 Å². The normalized spacial score (nSPS) is 23.3. The lowest BCUT2D eigenvalue weighted by Gasteiger charge is -2.26. The van der Waals surface area contributed by atoms with Crippen LogP contribution in [-0.2, 0) is 14.3 Å². The highest BCUT2D eigenvalue weighted by Gasteiger charge is 2.34. The Balaban J connectivity index is 1.69. The van der Waals surface area contributed by atoms with Crippen LogP contribution in [0.15, 0.2) is 24.3 Å². The molecule has 0 aromatic heterocycles. The van der Waals surface area contributed by atoms with Crippen molar-refractivity contribution >= 4 is 17.3 Å². The van der Waals surface area contributed by atoms with Gasteiger partial charge in [-0.2, -0.15) is 0 Å². The summed E-state index contributed by atoms with van der Waals surface area (Å²) in [5.74, 6) is -0.542. The molecule has 0 bridgehead atoms. The van der Waals surface area contributed by atoms with E-state index >= 15 is 0 Å². The molecule has 2 aliphatic rings. The number of carbonyl (C=O) groups is 1. The van der Waals surface area contributed by atoms with E-state index in [0.29, 0.717) is 13.2 Å². The van der Waals surface area contributed by atoms with Gasteiger partial charge in [-0.1, -0.05) is 0 Å². The highest BCUT2D eigenvalue weighted by Crippen LogP contribution is 2.27. The Morgan fingerprint density at radius 1 is 1.26 bits per heavy atom. The maximum atomic E-state index is 12.1. The fourth-order valence-electron chi connectivity index (χ4n) is 3.29. The average molecular weight is 318 g/mol. The number of anilines is 2. The van der Waals surface area contributed by atoms with Gasteiger partial charge in [-0.15, -0.1) is 0 Å². The van der Waals surface area contributed by atoms with E-state index < -0.39 is 5.79 Å². The van der Waals surface area contributed by atoms with Crippen molar-refractivity contribution in [3.63, 3.8) is 0 Å². The van der Waals surface area contributed by atoms with E-state index in [1.54, 1.807) is 11.8 Å².